The number of amides is 1. The molecule has 1 aliphatic rings. The molecule has 0 spiro atoms. The molecule has 22 heavy (non-hydrogen) atoms. The highest BCUT2D eigenvalue weighted by atomic mass is 32.2. The van der Waals surface area contributed by atoms with E-state index in [1.807, 2.05) is 19.1 Å². The summed E-state index contributed by atoms with van der Waals surface area (Å²) < 4.78 is 26.9. The van der Waals surface area contributed by atoms with Crippen molar-refractivity contribution < 1.29 is 13.2 Å². The van der Waals surface area contributed by atoms with Crippen LogP contribution < -0.4 is 4.72 Å². The van der Waals surface area contributed by atoms with Gasteiger partial charge >= 0.3 is 0 Å². The lowest BCUT2D eigenvalue weighted by Crippen LogP contribution is -2.48. The highest BCUT2D eigenvalue weighted by molar-refractivity contribution is 7.88. The number of hydrogen-bond acceptors (Lipinski definition) is 3. The fourth-order valence-electron chi connectivity index (χ4n) is 2.65. The summed E-state index contributed by atoms with van der Waals surface area (Å²) in [6.45, 7) is 5.02. The normalized spacial score (nSPS) is 17.3. The van der Waals surface area contributed by atoms with E-state index in [0.29, 0.717) is 0 Å². The number of likely N-dealkylation sites (tertiary alicyclic amines) is 1. The minimum Gasteiger partial charge on any atom is -0.341 e. The second-order valence-corrected chi connectivity index (χ2v) is 7.72. The van der Waals surface area contributed by atoms with E-state index in [4.69, 9.17) is 0 Å². The second kappa shape index (κ2) is 7.24. The van der Waals surface area contributed by atoms with Gasteiger partial charge in [0.25, 0.3) is 0 Å². The van der Waals surface area contributed by atoms with Crippen LogP contribution in [0.15, 0.2) is 24.3 Å². The summed E-state index contributed by atoms with van der Waals surface area (Å²) in [6, 6.07) is 6.64. The van der Waals surface area contributed by atoms with Crippen LogP contribution in [0.4, 0.5) is 0 Å². The third kappa shape index (κ3) is 4.81. The van der Waals surface area contributed by atoms with Gasteiger partial charge in [0, 0.05) is 13.1 Å². The highest BCUT2D eigenvalue weighted by Crippen LogP contribution is 2.11. The van der Waals surface area contributed by atoms with E-state index in [9.17, 15) is 13.2 Å². The number of hydrogen-bond donors (Lipinski definition) is 1. The first-order valence-corrected chi connectivity index (χ1v) is 9.37. The van der Waals surface area contributed by atoms with Gasteiger partial charge in [-0.15, -0.1) is 0 Å². The standard InChI is InChI=1S/C16H24N2O3S/c1-13-6-8-15(9-7-13)12-22(20,21)17-14(2)16(19)18-10-4-3-5-11-18/h6-9,14,17H,3-5,10-12H2,1-2H3/t14-/m0/s1. The van der Waals surface area contributed by atoms with Crippen molar-refractivity contribution in [3.8, 4) is 0 Å². The molecule has 1 aliphatic heterocycles. The maximum Gasteiger partial charge on any atom is 0.240 e. The van der Waals surface area contributed by atoms with Crippen molar-refractivity contribution in [1.82, 2.24) is 9.62 Å². The van der Waals surface area contributed by atoms with Gasteiger partial charge in [0.15, 0.2) is 0 Å². The Balaban J connectivity index is 1.95. The van der Waals surface area contributed by atoms with Gasteiger partial charge in [-0.05, 0) is 38.7 Å². The van der Waals surface area contributed by atoms with Gasteiger partial charge in [-0.1, -0.05) is 29.8 Å². The Morgan fingerprint density at radius 1 is 1.18 bits per heavy atom. The molecule has 1 amide bonds. The van der Waals surface area contributed by atoms with Crippen LogP contribution in [0.3, 0.4) is 0 Å². The van der Waals surface area contributed by atoms with E-state index in [-0.39, 0.29) is 11.7 Å². The van der Waals surface area contributed by atoms with Crippen molar-refractivity contribution in [3.05, 3.63) is 35.4 Å². The third-order valence-electron chi connectivity index (χ3n) is 3.87. The lowest BCUT2D eigenvalue weighted by Gasteiger charge is -2.29. The van der Waals surface area contributed by atoms with Crippen molar-refractivity contribution in [1.29, 1.82) is 0 Å². The van der Waals surface area contributed by atoms with Crippen LogP contribution in [0.2, 0.25) is 0 Å². The molecule has 1 heterocycles. The van der Waals surface area contributed by atoms with Crippen molar-refractivity contribution >= 4 is 15.9 Å². The molecule has 0 aliphatic carbocycles. The first-order valence-electron chi connectivity index (χ1n) is 7.72. The quantitative estimate of drug-likeness (QED) is 0.898. The van der Waals surface area contributed by atoms with E-state index >= 15 is 0 Å². The Morgan fingerprint density at radius 3 is 2.36 bits per heavy atom. The number of piperidine rings is 1. The zero-order chi connectivity index (χ0) is 16.2. The zero-order valence-corrected chi connectivity index (χ0v) is 14.0. The summed E-state index contributed by atoms with van der Waals surface area (Å²) in [7, 11) is -3.53. The summed E-state index contributed by atoms with van der Waals surface area (Å²) in [6.07, 6.45) is 3.13. The van der Waals surface area contributed by atoms with Crippen molar-refractivity contribution in [3.63, 3.8) is 0 Å². The van der Waals surface area contributed by atoms with Crippen LogP contribution in [-0.2, 0) is 20.6 Å². The first-order chi connectivity index (χ1) is 10.4. The number of nitrogens with zero attached hydrogens (tertiary/aromatic N) is 1. The fraction of sp³-hybridized carbons (Fsp3) is 0.562. The fourth-order valence-corrected chi connectivity index (χ4v) is 4.01. The highest BCUT2D eigenvalue weighted by Gasteiger charge is 2.25. The number of aryl methyl sites for hydroxylation is 1. The van der Waals surface area contributed by atoms with Gasteiger partial charge in [-0.3, -0.25) is 4.79 Å². The summed E-state index contributed by atoms with van der Waals surface area (Å²) in [5.74, 6) is -0.238. The molecule has 0 unspecified atom stereocenters. The molecule has 1 aromatic carbocycles. The van der Waals surface area contributed by atoms with Gasteiger partial charge < -0.3 is 4.90 Å². The predicted octanol–water partition coefficient (Wildman–Crippen LogP) is 1.82. The van der Waals surface area contributed by atoms with Crippen LogP contribution in [0, 0.1) is 6.92 Å². The van der Waals surface area contributed by atoms with Gasteiger partial charge in [0.2, 0.25) is 15.9 Å². The molecule has 1 atom stereocenters. The van der Waals surface area contributed by atoms with Crippen LogP contribution in [0.25, 0.3) is 0 Å². The molecule has 1 aromatic rings. The average Bonchev–Trinajstić information content (AvgIpc) is 2.49. The molecule has 5 nitrogen and oxygen atoms in total. The Morgan fingerprint density at radius 2 is 1.77 bits per heavy atom. The average molecular weight is 324 g/mol. The van der Waals surface area contributed by atoms with Gasteiger partial charge in [-0.25, -0.2) is 13.1 Å². The molecule has 6 heteroatoms. The van der Waals surface area contributed by atoms with E-state index in [0.717, 1.165) is 43.5 Å². The van der Waals surface area contributed by atoms with Crippen LogP contribution in [0.5, 0.6) is 0 Å². The lowest BCUT2D eigenvalue weighted by molar-refractivity contribution is -0.133. The molecule has 1 saturated heterocycles. The topological polar surface area (TPSA) is 66.5 Å². The van der Waals surface area contributed by atoms with Crippen LogP contribution in [-0.4, -0.2) is 38.4 Å². The number of carbonyl (C=O) groups is 1. The molecule has 122 valence electrons. The summed E-state index contributed by atoms with van der Waals surface area (Å²) in [5.41, 5.74) is 1.80. The summed E-state index contributed by atoms with van der Waals surface area (Å²) in [4.78, 5) is 14.0. The molecular weight excluding hydrogens is 300 g/mol. The van der Waals surface area contributed by atoms with Gasteiger partial charge in [0.1, 0.15) is 0 Å². The molecule has 1 fully saturated rings. The van der Waals surface area contributed by atoms with Crippen LogP contribution >= 0.6 is 0 Å². The monoisotopic (exact) mass is 324 g/mol. The maximum absolute atomic E-state index is 12.3. The largest absolute Gasteiger partial charge is 0.341 e. The Labute approximate surface area is 132 Å². The Kier molecular flexibility index (Phi) is 5.58. The zero-order valence-electron chi connectivity index (χ0n) is 13.2. The Hall–Kier alpha value is -1.40. The molecule has 1 N–H and O–H groups in total. The molecular formula is C16H24N2O3S. The second-order valence-electron chi connectivity index (χ2n) is 5.97. The minimum atomic E-state index is -3.53. The maximum atomic E-state index is 12.3. The molecule has 0 bridgehead atoms. The van der Waals surface area contributed by atoms with Crippen molar-refractivity contribution in [2.24, 2.45) is 0 Å². The number of benzene rings is 1. The van der Waals surface area contributed by atoms with E-state index < -0.39 is 16.1 Å². The predicted molar refractivity (Wildman–Crippen MR) is 86.8 cm³/mol. The summed E-state index contributed by atoms with van der Waals surface area (Å²) >= 11 is 0. The Bertz CT molecular complexity index is 605. The smallest absolute Gasteiger partial charge is 0.240 e. The molecule has 0 radical (unpaired) electrons. The molecule has 0 aromatic heterocycles. The van der Waals surface area contributed by atoms with E-state index in [2.05, 4.69) is 4.72 Å². The SMILES string of the molecule is Cc1ccc(CS(=O)(=O)N[C@@H](C)C(=O)N2CCCCC2)cc1. The molecule has 2 rings (SSSR count). The minimum absolute atomic E-state index is 0.106. The van der Waals surface area contributed by atoms with E-state index in [1.54, 1.807) is 24.0 Å². The number of nitrogens with one attached hydrogen (secondary N) is 1. The summed E-state index contributed by atoms with van der Waals surface area (Å²) in [5, 5.41) is 0. The van der Waals surface area contributed by atoms with Crippen LogP contribution in [0.1, 0.15) is 37.3 Å². The van der Waals surface area contributed by atoms with Crippen molar-refractivity contribution in [2.45, 2.75) is 44.9 Å². The lowest BCUT2D eigenvalue weighted by atomic mass is 10.1. The number of sulfonamides is 1. The third-order valence-corrected chi connectivity index (χ3v) is 5.30. The number of carbonyl (C=O) groups excluding carboxylic acids is 1. The molecule has 0 saturated carbocycles. The van der Waals surface area contributed by atoms with Crippen molar-refractivity contribution in [2.75, 3.05) is 13.1 Å². The number of rotatable bonds is 5. The van der Waals surface area contributed by atoms with E-state index in [1.165, 1.54) is 0 Å². The van der Waals surface area contributed by atoms with Gasteiger partial charge in [-0.2, -0.15) is 0 Å². The first kappa shape index (κ1) is 17.0. The van der Waals surface area contributed by atoms with Gasteiger partial charge in [0.05, 0.1) is 11.8 Å².